The topological polar surface area (TPSA) is 46.6 Å². The minimum absolute atomic E-state index is 0.269. The summed E-state index contributed by atoms with van der Waals surface area (Å²) >= 11 is 7.22. The van der Waals surface area contributed by atoms with Crippen LogP contribution in [0.3, 0.4) is 0 Å². The second kappa shape index (κ2) is 7.28. The molecule has 0 saturated heterocycles. The molecule has 0 saturated carbocycles. The average molecular weight is 362 g/mol. The molecular formula is C18H16ClNO3S. The van der Waals surface area contributed by atoms with E-state index >= 15 is 0 Å². The Hall–Kier alpha value is -1.98. The summed E-state index contributed by atoms with van der Waals surface area (Å²) in [7, 11) is 1.59. The zero-order chi connectivity index (χ0) is 17.1. The SMILES string of the molecule is COc1ccc(C2Sc3ccccc3N(CCCl)C(=O)C2=O)cc1. The van der Waals surface area contributed by atoms with Gasteiger partial charge in [0.2, 0.25) is 5.78 Å². The highest BCUT2D eigenvalue weighted by atomic mass is 35.5. The third kappa shape index (κ3) is 3.14. The van der Waals surface area contributed by atoms with Crippen molar-refractivity contribution in [2.75, 3.05) is 24.4 Å². The highest BCUT2D eigenvalue weighted by molar-refractivity contribution is 8.00. The zero-order valence-electron chi connectivity index (χ0n) is 13.1. The second-order valence-corrected chi connectivity index (χ2v) is 6.77. The number of ketones is 1. The molecule has 3 rings (SSSR count). The molecule has 0 spiro atoms. The number of alkyl halides is 1. The van der Waals surface area contributed by atoms with Crippen molar-refractivity contribution in [1.82, 2.24) is 0 Å². The first kappa shape index (κ1) is 16.9. The minimum Gasteiger partial charge on any atom is -0.497 e. The summed E-state index contributed by atoms with van der Waals surface area (Å²) in [5.41, 5.74) is 1.51. The first-order valence-corrected chi connectivity index (χ1v) is 8.88. The summed E-state index contributed by atoms with van der Waals surface area (Å²) in [6.07, 6.45) is 0. The van der Waals surface area contributed by atoms with Crippen molar-refractivity contribution in [3.05, 3.63) is 54.1 Å². The van der Waals surface area contributed by atoms with Crippen molar-refractivity contribution in [2.24, 2.45) is 0 Å². The number of fused-ring (bicyclic) bond motifs is 1. The van der Waals surface area contributed by atoms with E-state index in [9.17, 15) is 9.59 Å². The Kier molecular flexibility index (Phi) is 5.11. The summed E-state index contributed by atoms with van der Waals surface area (Å²) in [6, 6.07) is 14.7. The molecule has 2 aromatic rings. The van der Waals surface area contributed by atoms with Gasteiger partial charge in [0.15, 0.2) is 0 Å². The Balaban J connectivity index is 2.03. The first-order valence-electron chi connectivity index (χ1n) is 7.47. The first-order chi connectivity index (χ1) is 11.7. The van der Waals surface area contributed by atoms with E-state index in [1.165, 1.54) is 16.7 Å². The lowest BCUT2D eigenvalue weighted by Gasteiger charge is -2.20. The number of ether oxygens (including phenoxy) is 1. The van der Waals surface area contributed by atoms with Crippen LogP contribution in [-0.4, -0.2) is 31.2 Å². The molecular weight excluding hydrogens is 346 g/mol. The van der Waals surface area contributed by atoms with E-state index in [0.717, 1.165) is 16.1 Å². The predicted molar refractivity (Wildman–Crippen MR) is 96.1 cm³/mol. The van der Waals surface area contributed by atoms with Gasteiger partial charge in [-0.2, -0.15) is 0 Å². The monoisotopic (exact) mass is 361 g/mol. The number of methoxy groups -OCH3 is 1. The number of thioether (sulfide) groups is 1. The summed E-state index contributed by atoms with van der Waals surface area (Å²) in [5.74, 6) is 0.0197. The molecule has 1 amide bonds. The zero-order valence-corrected chi connectivity index (χ0v) is 14.6. The highest BCUT2D eigenvalue weighted by Crippen LogP contribution is 2.44. The van der Waals surface area contributed by atoms with Crippen LogP contribution in [0, 0.1) is 0 Å². The summed E-state index contributed by atoms with van der Waals surface area (Å²) in [6.45, 7) is 0.305. The number of carbonyl (C=O) groups is 2. The Morgan fingerprint density at radius 1 is 1.12 bits per heavy atom. The molecule has 0 aromatic heterocycles. The number of hydrogen-bond acceptors (Lipinski definition) is 4. The van der Waals surface area contributed by atoms with Crippen molar-refractivity contribution < 1.29 is 14.3 Å². The quantitative estimate of drug-likeness (QED) is 0.615. The molecule has 1 atom stereocenters. The third-order valence-electron chi connectivity index (χ3n) is 3.82. The lowest BCUT2D eigenvalue weighted by molar-refractivity contribution is -0.135. The fourth-order valence-electron chi connectivity index (χ4n) is 2.62. The van der Waals surface area contributed by atoms with Crippen LogP contribution in [0.2, 0.25) is 0 Å². The van der Waals surface area contributed by atoms with Crippen molar-refractivity contribution in [3.8, 4) is 5.75 Å². The van der Waals surface area contributed by atoms with Crippen LogP contribution in [0.4, 0.5) is 5.69 Å². The van der Waals surface area contributed by atoms with Crippen LogP contribution in [0.5, 0.6) is 5.75 Å². The lowest BCUT2D eigenvalue weighted by atomic mass is 10.1. The molecule has 1 unspecified atom stereocenters. The molecule has 0 radical (unpaired) electrons. The maximum Gasteiger partial charge on any atom is 0.296 e. The minimum atomic E-state index is -0.579. The summed E-state index contributed by atoms with van der Waals surface area (Å²) < 4.78 is 5.15. The largest absolute Gasteiger partial charge is 0.497 e. The number of halogens is 1. The molecule has 1 aliphatic heterocycles. The molecule has 1 aliphatic rings. The molecule has 0 aliphatic carbocycles. The molecule has 6 heteroatoms. The molecule has 0 fully saturated rings. The molecule has 0 N–H and O–H groups in total. The number of anilines is 1. The predicted octanol–water partition coefficient (Wildman–Crippen LogP) is 3.68. The van der Waals surface area contributed by atoms with Crippen molar-refractivity contribution in [3.63, 3.8) is 0 Å². The molecule has 124 valence electrons. The highest BCUT2D eigenvalue weighted by Gasteiger charge is 2.36. The molecule has 0 bridgehead atoms. The van der Waals surface area contributed by atoms with Crippen molar-refractivity contribution in [2.45, 2.75) is 10.1 Å². The molecule has 2 aromatic carbocycles. The normalized spacial score (nSPS) is 17.4. The van der Waals surface area contributed by atoms with E-state index in [-0.39, 0.29) is 5.88 Å². The van der Waals surface area contributed by atoms with Gasteiger partial charge in [-0.3, -0.25) is 9.59 Å². The van der Waals surface area contributed by atoms with Gasteiger partial charge in [0.05, 0.1) is 12.8 Å². The number of nitrogens with zero attached hydrogens (tertiary/aromatic N) is 1. The van der Waals surface area contributed by atoms with Gasteiger partial charge < -0.3 is 9.64 Å². The van der Waals surface area contributed by atoms with E-state index in [4.69, 9.17) is 16.3 Å². The van der Waals surface area contributed by atoms with Crippen molar-refractivity contribution in [1.29, 1.82) is 0 Å². The molecule has 4 nitrogen and oxygen atoms in total. The second-order valence-electron chi connectivity index (χ2n) is 5.25. The van der Waals surface area contributed by atoms with Crippen LogP contribution in [-0.2, 0) is 9.59 Å². The van der Waals surface area contributed by atoms with Gasteiger partial charge in [0.1, 0.15) is 11.0 Å². The van der Waals surface area contributed by atoms with Crippen LogP contribution < -0.4 is 9.64 Å². The van der Waals surface area contributed by atoms with Gasteiger partial charge in [-0.15, -0.1) is 23.4 Å². The Morgan fingerprint density at radius 3 is 2.50 bits per heavy atom. The number of amides is 1. The van der Waals surface area contributed by atoms with E-state index in [1.807, 2.05) is 36.4 Å². The van der Waals surface area contributed by atoms with Gasteiger partial charge in [-0.05, 0) is 29.8 Å². The Morgan fingerprint density at radius 2 is 1.83 bits per heavy atom. The lowest BCUT2D eigenvalue weighted by Crippen LogP contribution is -2.38. The molecule has 1 heterocycles. The average Bonchev–Trinajstić information content (AvgIpc) is 2.73. The van der Waals surface area contributed by atoms with Gasteiger partial charge in [0.25, 0.3) is 5.91 Å². The van der Waals surface area contributed by atoms with Gasteiger partial charge in [0, 0.05) is 17.3 Å². The number of benzene rings is 2. The van der Waals surface area contributed by atoms with E-state index in [2.05, 4.69) is 0 Å². The maximum absolute atomic E-state index is 12.8. The van der Waals surface area contributed by atoms with Gasteiger partial charge >= 0.3 is 0 Å². The van der Waals surface area contributed by atoms with E-state index in [0.29, 0.717) is 12.3 Å². The fourth-order valence-corrected chi connectivity index (χ4v) is 4.00. The van der Waals surface area contributed by atoms with Gasteiger partial charge in [-0.25, -0.2) is 0 Å². The number of hydrogen-bond donors (Lipinski definition) is 0. The fraction of sp³-hybridized carbons (Fsp3) is 0.222. The van der Waals surface area contributed by atoms with E-state index < -0.39 is 16.9 Å². The summed E-state index contributed by atoms with van der Waals surface area (Å²) in [4.78, 5) is 27.8. The van der Waals surface area contributed by atoms with Crippen LogP contribution in [0.15, 0.2) is 53.4 Å². The van der Waals surface area contributed by atoms with Crippen LogP contribution in [0.1, 0.15) is 10.8 Å². The standard InChI is InChI=1S/C18H16ClNO3S/c1-23-13-8-6-12(7-9-13)17-16(21)18(22)20(11-10-19)14-4-2-3-5-15(14)24-17/h2-9,17H,10-11H2,1H3. The number of Topliss-reactive ketones (excluding diaryl/α,β-unsaturated/α-hetero) is 1. The number of rotatable bonds is 4. The van der Waals surface area contributed by atoms with Crippen molar-refractivity contribution >= 4 is 40.7 Å². The number of para-hydroxylation sites is 1. The smallest absolute Gasteiger partial charge is 0.296 e. The Bertz CT molecular complexity index is 763. The molecule has 24 heavy (non-hydrogen) atoms. The van der Waals surface area contributed by atoms with Crippen LogP contribution >= 0.6 is 23.4 Å². The van der Waals surface area contributed by atoms with Crippen LogP contribution in [0.25, 0.3) is 0 Å². The third-order valence-corrected chi connectivity index (χ3v) is 5.31. The Labute approximate surface area is 149 Å². The van der Waals surface area contributed by atoms with E-state index in [1.54, 1.807) is 19.2 Å². The number of carbonyl (C=O) groups excluding carboxylic acids is 2. The maximum atomic E-state index is 12.8. The van der Waals surface area contributed by atoms with Gasteiger partial charge in [-0.1, -0.05) is 24.3 Å². The summed E-state index contributed by atoms with van der Waals surface area (Å²) in [5, 5.41) is -0.579.